The zero-order valence-electron chi connectivity index (χ0n) is 12.7. The molecule has 2 rings (SSSR count). The number of aryl methyl sites for hydroxylation is 1. The van der Waals surface area contributed by atoms with E-state index in [9.17, 15) is 8.42 Å². The van der Waals surface area contributed by atoms with E-state index in [0.29, 0.717) is 12.5 Å². The number of nitrogens with one attached hydrogen (secondary N) is 1. The summed E-state index contributed by atoms with van der Waals surface area (Å²) in [6, 6.07) is 3.22. The van der Waals surface area contributed by atoms with Crippen molar-refractivity contribution >= 4 is 15.5 Å². The maximum Gasteiger partial charge on any atom is 0.192 e. The first-order valence-corrected chi connectivity index (χ1v) is 8.59. The minimum absolute atomic E-state index is 0.0808. The Kier molecular flexibility index (Phi) is 4.32. The number of nitrogens with zero attached hydrogens (tertiary/aromatic N) is 3. The van der Waals surface area contributed by atoms with Gasteiger partial charge < -0.3 is 5.32 Å². The summed E-state index contributed by atoms with van der Waals surface area (Å²) in [6.45, 7) is 4.84. The summed E-state index contributed by atoms with van der Waals surface area (Å²) in [5.41, 5.74) is 2.96. The molecule has 2 aromatic rings. The van der Waals surface area contributed by atoms with Crippen molar-refractivity contribution < 1.29 is 8.42 Å². The zero-order valence-corrected chi connectivity index (χ0v) is 13.5. The fraction of sp³-hybridized carbons (Fsp3) is 0.429. The van der Waals surface area contributed by atoms with E-state index >= 15 is 0 Å². The van der Waals surface area contributed by atoms with Crippen molar-refractivity contribution in [1.82, 2.24) is 14.8 Å². The van der Waals surface area contributed by atoms with Crippen LogP contribution in [0.5, 0.6) is 0 Å². The molecule has 0 amide bonds. The standard InChI is InChI=1S/C14H20N4O2S/c1-10(2)14-11(9-18(3)17-14)7-15-12-5-6-13(16-8-12)21(4,19)20/h5-6,8-10,15H,7H2,1-4H3. The lowest BCUT2D eigenvalue weighted by Gasteiger charge is -2.08. The Morgan fingerprint density at radius 1 is 1.33 bits per heavy atom. The molecule has 2 heterocycles. The number of rotatable bonds is 5. The summed E-state index contributed by atoms with van der Waals surface area (Å²) in [5.74, 6) is 0.355. The monoisotopic (exact) mass is 308 g/mol. The number of hydrogen-bond acceptors (Lipinski definition) is 5. The average Bonchev–Trinajstić information content (AvgIpc) is 2.77. The first kappa shape index (κ1) is 15.5. The van der Waals surface area contributed by atoms with Crippen LogP contribution in [-0.4, -0.2) is 29.4 Å². The van der Waals surface area contributed by atoms with Gasteiger partial charge in [0.2, 0.25) is 0 Å². The van der Waals surface area contributed by atoms with Gasteiger partial charge in [-0.1, -0.05) is 13.8 Å². The normalized spacial score (nSPS) is 11.9. The molecular weight excluding hydrogens is 288 g/mol. The summed E-state index contributed by atoms with van der Waals surface area (Å²) < 4.78 is 24.5. The molecule has 21 heavy (non-hydrogen) atoms. The molecule has 0 aromatic carbocycles. The summed E-state index contributed by atoms with van der Waals surface area (Å²) in [6.07, 6.45) is 4.66. The fourth-order valence-electron chi connectivity index (χ4n) is 2.08. The fourth-order valence-corrected chi connectivity index (χ4v) is 2.64. The van der Waals surface area contributed by atoms with Crippen LogP contribution in [0.2, 0.25) is 0 Å². The number of pyridine rings is 1. The van der Waals surface area contributed by atoms with E-state index in [2.05, 4.69) is 29.2 Å². The summed E-state index contributed by atoms with van der Waals surface area (Å²) in [5, 5.41) is 7.77. The van der Waals surface area contributed by atoms with E-state index in [1.54, 1.807) is 10.7 Å². The van der Waals surface area contributed by atoms with Crippen molar-refractivity contribution in [3.05, 3.63) is 35.8 Å². The predicted octanol–water partition coefficient (Wildman–Crippen LogP) is 1.95. The molecule has 6 nitrogen and oxygen atoms in total. The number of sulfone groups is 1. The molecule has 0 radical (unpaired) electrons. The largest absolute Gasteiger partial charge is 0.380 e. The van der Waals surface area contributed by atoms with Crippen LogP contribution in [0.3, 0.4) is 0 Å². The third kappa shape index (κ3) is 3.81. The maximum atomic E-state index is 11.4. The lowest BCUT2D eigenvalue weighted by Crippen LogP contribution is -2.04. The highest BCUT2D eigenvalue weighted by molar-refractivity contribution is 7.90. The van der Waals surface area contributed by atoms with Crippen LogP contribution < -0.4 is 5.32 Å². The molecule has 2 aromatic heterocycles. The smallest absolute Gasteiger partial charge is 0.192 e. The molecule has 0 spiro atoms. The van der Waals surface area contributed by atoms with Crippen molar-refractivity contribution in [3.8, 4) is 0 Å². The molecule has 0 unspecified atom stereocenters. The predicted molar refractivity (Wildman–Crippen MR) is 82.0 cm³/mol. The highest BCUT2D eigenvalue weighted by atomic mass is 32.2. The maximum absolute atomic E-state index is 11.4. The topological polar surface area (TPSA) is 76.9 Å². The highest BCUT2D eigenvalue weighted by Crippen LogP contribution is 2.19. The van der Waals surface area contributed by atoms with E-state index in [1.165, 1.54) is 12.3 Å². The third-order valence-corrected chi connectivity index (χ3v) is 4.08. The molecular formula is C14H20N4O2S. The molecule has 0 aliphatic carbocycles. The van der Waals surface area contributed by atoms with Gasteiger partial charge in [-0.2, -0.15) is 5.10 Å². The van der Waals surface area contributed by atoms with E-state index in [0.717, 1.165) is 23.2 Å². The second-order valence-electron chi connectivity index (χ2n) is 5.38. The minimum atomic E-state index is -3.25. The molecule has 0 aliphatic rings. The Bertz CT molecular complexity index is 718. The van der Waals surface area contributed by atoms with Gasteiger partial charge in [-0.3, -0.25) is 4.68 Å². The van der Waals surface area contributed by atoms with Crippen molar-refractivity contribution in [1.29, 1.82) is 0 Å². The molecule has 0 atom stereocenters. The first-order chi connectivity index (χ1) is 9.77. The van der Waals surface area contributed by atoms with Crippen LogP contribution in [0, 0.1) is 0 Å². The van der Waals surface area contributed by atoms with Gasteiger partial charge in [0.25, 0.3) is 0 Å². The third-order valence-electron chi connectivity index (χ3n) is 3.08. The van der Waals surface area contributed by atoms with Crippen molar-refractivity contribution in [2.45, 2.75) is 31.3 Å². The van der Waals surface area contributed by atoms with Gasteiger partial charge in [0, 0.05) is 31.6 Å². The quantitative estimate of drug-likeness (QED) is 0.913. The van der Waals surface area contributed by atoms with Gasteiger partial charge in [-0.05, 0) is 18.1 Å². The molecule has 0 aliphatic heterocycles. The highest BCUT2D eigenvalue weighted by Gasteiger charge is 2.12. The van der Waals surface area contributed by atoms with Crippen LogP contribution in [0.25, 0.3) is 0 Å². The summed E-state index contributed by atoms with van der Waals surface area (Å²) >= 11 is 0. The van der Waals surface area contributed by atoms with Gasteiger partial charge in [0.05, 0.1) is 17.6 Å². The van der Waals surface area contributed by atoms with E-state index in [1.807, 2.05) is 13.2 Å². The van der Waals surface area contributed by atoms with E-state index in [-0.39, 0.29) is 5.03 Å². The zero-order chi connectivity index (χ0) is 15.6. The lowest BCUT2D eigenvalue weighted by atomic mass is 10.1. The summed E-state index contributed by atoms with van der Waals surface area (Å²) in [4.78, 5) is 3.95. The molecule has 7 heteroatoms. The van der Waals surface area contributed by atoms with Crippen LogP contribution in [0.15, 0.2) is 29.6 Å². The average molecular weight is 308 g/mol. The van der Waals surface area contributed by atoms with Gasteiger partial charge in [-0.15, -0.1) is 0 Å². The minimum Gasteiger partial charge on any atom is -0.380 e. The molecule has 0 saturated carbocycles. The van der Waals surface area contributed by atoms with E-state index in [4.69, 9.17) is 0 Å². The van der Waals surface area contributed by atoms with Crippen LogP contribution in [0.4, 0.5) is 5.69 Å². The Balaban J connectivity index is 2.10. The van der Waals surface area contributed by atoms with Gasteiger partial charge in [0.1, 0.15) is 0 Å². The number of anilines is 1. The molecule has 114 valence electrons. The summed E-state index contributed by atoms with van der Waals surface area (Å²) in [7, 11) is -1.35. The Morgan fingerprint density at radius 2 is 2.05 bits per heavy atom. The lowest BCUT2D eigenvalue weighted by molar-refractivity contribution is 0.598. The Hall–Kier alpha value is -1.89. The van der Waals surface area contributed by atoms with Gasteiger partial charge >= 0.3 is 0 Å². The van der Waals surface area contributed by atoms with Crippen molar-refractivity contribution in [3.63, 3.8) is 0 Å². The van der Waals surface area contributed by atoms with Crippen LogP contribution in [-0.2, 0) is 23.4 Å². The Morgan fingerprint density at radius 3 is 2.57 bits per heavy atom. The number of aromatic nitrogens is 3. The van der Waals surface area contributed by atoms with Crippen molar-refractivity contribution in [2.24, 2.45) is 7.05 Å². The van der Waals surface area contributed by atoms with Crippen molar-refractivity contribution in [2.75, 3.05) is 11.6 Å². The van der Waals surface area contributed by atoms with Crippen LogP contribution in [0.1, 0.15) is 31.0 Å². The molecule has 1 N–H and O–H groups in total. The second-order valence-corrected chi connectivity index (χ2v) is 7.34. The van der Waals surface area contributed by atoms with Gasteiger partial charge in [0.15, 0.2) is 14.9 Å². The number of hydrogen-bond donors (Lipinski definition) is 1. The molecule has 0 bridgehead atoms. The molecule has 0 fully saturated rings. The molecule has 0 saturated heterocycles. The second kappa shape index (κ2) is 5.85. The Labute approximate surface area is 125 Å². The van der Waals surface area contributed by atoms with Crippen LogP contribution >= 0.6 is 0 Å². The first-order valence-electron chi connectivity index (χ1n) is 6.70. The SMILES string of the molecule is CC(C)c1nn(C)cc1CNc1ccc(S(C)(=O)=O)nc1. The van der Waals surface area contributed by atoms with E-state index < -0.39 is 9.84 Å². The van der Waals surface area contributed by atoms with Gasteiger partial charge in [-0.25, -0.2) is 13.4 Å².